The zero-order chi connectivity index (χ0) is 25.5. The molecule has 2 heterocycles. The van der Waals surface area contributed by atoms with Crippen LogP contribution in [0.5, 0.6) is 0 Å². The van der Waals surface area contributed by atoms with E-state index in [-0.39, 0.29) is 5.41 Å². The Morgan fingerprint density at radius 2 is 1.80 bits per heavy atom. The normalized spacial score (nSPS) is 19.9. The van der Waals surface area contributed by atoms with Crippen molar-refractivity contribution in [3.05, 3.63) is 51.4 Å². The number of ether oxygens (including phenoxy) is 1. The second-order valence-corrected chi connectivity index (χ2v) is 11.3. The largest absolute Gasteiger partial charge is 0.465 e. The van der Waals surface area contributed by atoms with Crippen LogP contribution in [0.3, 0.4) is 0 Å². The minimum atomic E-state index is -1.27. The molecule has 0 spiro atoms. The number of amides is 4. The molecule has 0 bridgehead atoms. The van der Waals surface area contributed by atoms with E-state index in [1.165, 1.54) is 18.4 Å². The fourth-order valence-electron chi connectivity index (χ4n) is 4.62. The number of hydrogen-bond donors (Lipinski definition) is 2. The zero-order valence-electron chi connectivity index (χ0n) is 20.7. The third-order valence-electron chi connectivity index (χ3n) is 6.72. The lowest BCUT2D eigenvalue weighted by Gasteiger charge is -2.24. The molecule has 2 aliphatic rings. The number of imide groups is 1. The minimum Gasteiger partial charge on any atom is -0.465 e. The van der Waals surface area contributed by atoms with Crippen LogP contribution in [0, 0.1) is 0 Å². The van der Waals surface area contributed by atoms with Crippen LogP contribution >= 0.6 is 11.3 Å². The number of thiophene rings is 1. The van der Waals surface area contributed by atoms with Crippen LogP contribution in [0.25, 0.3) is 0 Å². The van der Waals surface area contributed by atoms with Gasteiger partial charge in [0.15, 0.2) is 0 Å². The van der Waals surface area contributed by atoms with Gasteiger partial charge in [-0.2, -0.15) is 0 Å². The Labute approximate surface area is 209 Å². The van der Waals surface area contributed by atoms with Gasteiger partial charge in [-0.1, -0.05) is 45.0 Å². The predicted octanol–water partition coefficient (Wildman–Crippen LogP) is 4.12. The van der Waals surface area contributed by atoms with Gasteiger partial charge in [-0.3, -0.25) is 14.5 Å². The summed E-state index contributed by atoms with van der Waals surface area (Å²) in [5, 5.41) is 5.89. The van der Waals surface area contributed by atoms with Crippen molar-refractivity contribution in [2.75, 3.05) is 19.0 Å². The highest BCUT2D eigenvalue weighted by Crippen LogP contribution is 2.38. The zero-order valence-corrected chi connectivity index (χ0v) is 21.6. The SMILES string of the molecule is COC(=O)c1c(NC(=O)CN2C(=O)NC(C)(c3ccc(C(C)(C)C)cc3)C2=O)sc2c1CCCC2. The maximum atomic E-state index is 13.3. The lowest BCUT2D eigenvalue weighted by atomic mass is 9.84. The molecule has 1 aromatic carbocycles. The topological polar surface area (TPSA) is 105 Å². The molecule has 186 valence electrons. The van der Waals surface area contributed by atoms with Crippen LogP contribution in [0.2, 0.25) is 0 Å². The molecular weight excluding hydrogens is 466 g/mol. The number of rotatable bonds is 5. The number of hydrogen-bond acceptors (Lipinski definition) is 6. The molecule has 1 aromatic heterocycles. The highest BCUT2D eigenvalue weighted by molar-refractivity contribution is 7.17. The first kappa shape index (κ1) is 24.9. The molecule has 2 aromatic rings. The molecule has 1 aliphatic carbocycles. The van der Waals surface area contributed by atoms with Crippen molar-refractivity contribution >= 4 is 40.2 Å². The average molecular weight is 498 g/mol. The van der Waals surface area contributed by atoms with E-state index in [4.69, 9.17) is 4.74 Å². The summed E-state index contributed by atoms with van der Waals surface area (Å²) in [4.78, 5) is 53.3. The van der Waals surface area contributed by atoms with E-state index in [1.807, 2.05) is 24.3 Å². The molecule has 9 heteroatoms. The smallest absolute Gasteiger partial charge is 0.341 e. The van der Waals surface area contributed by atoms with Gasteiger partial charge in [0.05, 0.1) is 12.7 Å². The van der Waals surface area contributed by atoms with Crippen molar-refractivity contribution in [1.29, 1.82) is 0 Å². The Bertz CT molecular complexity index is 1190. The van der Waals surface area contributed by atoms with Gasteiger partial charge in [0.25, 0.3) is 5.91 Å². The number of fused-ring (bicyclic) bond motifs is 1. The fraction of sp³-hybridized carbons (Fsp3) is 0.462. The summed E-state index contributed by atoms with van der Waals surface area (Å²) in [6.07, 6.45) is 3.60. The molecule has 1 atom stereocenters. The Kier molecular flexibility index (Phi) is 6.48. The van der Waals surface area contributed by atoms with Crippen LogP contribution < -0.4 is 10.6 Å². The maximum absolute atomic E-state index is 13.3. The van der Waals surface area contributed by atoms with E-state index >= 15 is 0 Å². The molecule has 8 nitrogen and oxygen atoms in total. The number of carbonyl (C=O) groups excluding carboxylic acids is 4. The minimum absolute atomic E-state index is 0.0451. The number of methoxy groups -OCH3 is 1. The number of benzene rings is 1. The molecule has 1 saturated heterocycles. The lowest BCUT2D eigenvalue weighted by Crippen LogP contribution is -2.42. The van der Waals surface area contributed by atoms with Gasteiger partial charge in [0.2, 0.25) is 5.91 Å². The van der Waals surface area contributed by atoms with E-state index in [0.29, 0.717) is 16.1 Å². The van der Waals surface area contributed by atoms with E-state index in [1.54, 1.807) is 6.92 Å². The summed E-state index contributed by atoms with van der Waals surface area (Å²) in [7, 11) is 1.31. The Morgan fingerprint density at radius 3 is 2.43 bits per heavy atom. The number of nitrogens with zero attached hydrogens (tertiary/aromatic N) is 1. The first-order chi connectivity index (χ1) is 16.5. The second kappa shape index (κ2) is 9.11. The molecule has 1 fully saturated rings. The summed E-state index contributed by atoms with van der Waals surface area (Å²) in [6, 6.07) is 6.93. The molecule has 2 N–H and O–H groups in total. The molecule has 1 unspecified atom stereocenters. The lowest BCUT2D eigenvalue weighted by molar-refractivity contribution is -0.133. The van der Waals surface area contributed by atoms with Crippen LogP contribution in [0.15, 0.2) is 24.3 Å². The summed E-state index contributed by atoms with van der Waals surface area (Å²) in [5.74, 6) is -1.55. The number of carbonyl (C=O) groups is 4. The quantitative estimate of drug-likeness (QED) is 0.478. The Balaban J connectivity index is 1.52. The van der Waals surface area contributed by atoms with Crippen molar-refractivity contribution in [1.82, 2.24) is 10.2 Å². The third-order valence-corrected chi connectivity index (χ3v) is 7.93. The van der Waals surface area contributed by atoms with Gasteiger partial charge in [-0.05, 0) is 54.7 Å². The number of aryl methyl sites for hydroxylation is 1. The molecule has 35 heavy (non-hydrogen) atoms. The Hall–Kier alpha value is -3.20. The van der Waals surface area contributed by atoms with Crippen molar-refractivity contribution < 1.29 is 23.9 Å². The molecule has 4 amide bonds. The Morgan fingerprint density at radius 1 is 1.14 bits per heavy atom. The first-order valence-corrected chi connectivity index (χ1v) is 12.5. The summed E-state index contributed by atoms with van der Waals surface area (Å²) in [6.45, 7) is 7.48. The molecule has 0 saturated carbocycles. The van der Waals surface area contributed by atoms with E-state index in [0.717, 1.165) is 46.6 Å². The molecular formula is C26H31N3O5S. The van der Waals surface area contributed by atoms with Crippen LogP contribution in [-0.2, 0) is 38.1 Å². The van der Waals surface area contributed by atoms with E-state index < -0.39 is 35.9 Å². The van der Waals surface area contributed by atoms with E-state index in [2.05, 4.69) is 31.4 Å². The second-order valence-electron chi connectivity index (χ2n) is 10.2. The number of esters is 1. The average Bonchev–Trinajstić information content (AvgIpc) is 3.28. The van der Waals surface area contributed by atoms with Gasteiger partial charge in [0.1, 0.15) is 17.1 Å². The van der Waals surface area contributed by atoms with Gasteiger partial charge in [0, 0.05) is 4.88 Å². The van der Waals surface area contributed by atoms with Crippen LogP contribution in [-0.4, -0.2) is 42.4 Å². The molecule has 4 rings (SSSR count). The number of anilines is 1. The predicted molar refractivity (Wildman–Crippen MR) is 134 cm³/mol. The van der Waals surface area contributed by atoms with Crippen LogP contribution in [0.4, 0.5) is 9.80 Å². The maximum Gasteiger partial charge on any atom is 0.341 e. The highest BCUT2D eigenvalue weighted by Gasteiger charge is 2.49. The molecule has 0 radical (unpaired) electrons. The summed E-state index contributed by atoms with van der Waals surface area (Å²) >= 11 is 1.36. The standard InChI is InChI=1S/C26H31N3O5S/c1-25(2,3)15-10-12-16(13-11-15)26(4)23(32)29(24(33)28-26)14-19(30)27-21-20(22(31)34-5)17-8-6-7-9-18(17)35-21/h10-13H,6-9,14H2,1-5H3,(H,27,30)(H,28,33). The summed E-state index contributed by atoms with van der Waals surface area (Å²) < 4.78 is 4.94. The number of nitrogens with one attached hydrogen (secondary N) is 2. The van der Waals surface area contributed by atoms with Gasteiger partial charge in [-0.15, -0.1) is 11.3 Å². The molecule has 1 aliphatic heterocycles. The van der Waals surface area contributed by atoms with Crippen molar-refractivity contribution in [3.63, 3.8) is 0 Å². The van der Waals surface area contributed by atoms with Crippen molar-refractivity contribution in [3.8, 4) is 0 Å². The third kappa shape index (κ3) is 4.57. The highest BCUT2D eigenvalue weighted by atomic mass is 32.1. The van der Waals surface area contributed by atoms with Gasteiger partial charge in [-0.25, -0.2) is 9.59 Å². The summed E-state index contributed by atoms with van der Waals surface area (Å²) in [5.41, 5.74) is 1.73. The van der Waals surface area contributed by atoms with Gasteiger partial charge >= 0.3 is 12.0 Å². The first-order valence-electron chi connectivity index (χ1n) is 11.7. The van der Waals surface area contributed by atoms with Crippen LogP contribution in [0.1, 0.15) is 72.5 Å². The monoisotopic (exact) mass is 497 g/mol. The van der Waals surface area contributed by atoms with Crippen molar-refractivity contribution in [2.45, 2.75) is 64.3 Å². The van der Waals surface area contributed by atoms with Gasteiger partial charge < -0.3 is 15.4 Å². The van der Waals surface area contributed by atoms with E-state index in [9.17, 15) is 19.2 Å². The van der Waals surface area contributed by atoms with Crippen molar-refractivity contribution in [2.24, 2.45) is 0 Å². The number of urea groups is 1. The fourth-order valence-corrected chi connectivity index (χ4v) is 5.92.